The predicted octanol–water partition coefficient (Wildman–Crippen LogP) is 4.91. The first-order valence-corrected chi connectivity index (χ1v) is 6.35. The van der Waals surface area contributed by atoms with Crippen LogP contribution in [0.25, 0.3) is 0 Å². The zero-order chi connectivity index (χ0) is 10.7. The van der Waals surface area contributed by atoms with Crippen molar-refractivity contribution in [3.05, 3.63) is 58.6 Å². The molecule has 15 heavy (non-hydrogen) atoms. The molecule has 0 radical (unpaired) electrons. The molecular weight excluding hydrogens is 268 g/mol. The molecule has 0 amide bonds. The molecule has 0 atom stereocenters. The summed E-state index contributed by atoms with van der Waals surface area (Å²) < 4.78 is 1.12. The minimum absolute atomic E-state index is 1.12. The lowest BCUT2D eigenvalue weighted by molar-refractivity contribution is 1.36. The highest BCUT2D eigenvalue weighted by atomic mass is 79.9. The molecule has 0 aliphatic rings. The molecule has 2 rings (SSSR count). The van der Waals surface area contributed by atoms with E-state index in [1.54, 1.807) is 11.8 Å². The van der Waals surface area contributed by atoms with Crippen LogP contribution in [0, 0.1) is 6.92 Å². The molecule has 0 heterocycles. The average molecular weight is 279 g/mol. The molecule has 0 bridgehead atoms. The second-order valence-corrected chi connectivity index (χ2v) is 5.44. The Morgan fingerprint density at radius 2 is 1.67 bits per heavy atom. The van der Waals surface area contributed by atoms with E-state index in [1.165, 1.54) is 15.4 Å². The first kappa shape index (κ1) is 10.8. The van der Waals surface area contributed by atoms with E-state index in [0.717, 1.165) is 4.47 Å². The normalized spacial score (nSPS) is 10.3. The van der Waals surface area contributed by atoms with Crippen LogP contribution in [0.4, 0.5) is 0 Å². The van der Waals surface area contributed by atoms with E-state index in [0.29, 0.717) is 0 Å². The van der Waals surface area contributed by atoms with Crippen molar-refractivity contribution >= 4 is 27.7 Å². The fourth-order valence-electron chi connectivity index (χ4n) is 1.27. The molecule has 2 aromatic rings. The van der Waals surface area contributed by atoms with E-state index < -0.39 is 0 Å². The van der Waals surface area contributed by atoms with Gasteiger partial charge in [-0.2, -0.15) is 0 Å². The number of benzene rings is 2. The van der Waals surface area contributed by atoms with E-state index in [9.17, 15) is 0 Å². The number of hydrogen-bond acceptors (Lipinski definition) is 1. The second kappa shape index (κ2) is 4.86. The van der Waals surface area contributed by atoms with E-state index in [4.69, 9.17) is 0 Å². The Kier molecular flexibility index (Phi) is 3.49. The first-order valence-electron chi connectivity index (χ1n) is 4.74. The van der Waals surface area contributed by atoms with Gasteiger partial charge in [0.25, 0.3) is 0 Å². The van der Waals surface area contributed by atoms with Gasteiger partial charge in [0.2, 0.25) is 0 Å². The number of aryl methyl sites for hydroxylation is 1. The van der Waals surface area contributed by atoms with Gasteiger partial charge < -0.3 is 0 Å². The molecule has 0 spiro atoms. The summed E-state index contributed by atoms with van der Waals surface area (Å²) >= 11 is 5.25. The molecular formula is C13H11BrS. The molecule has 2 aromatic carbocycles. The largest absolute Gasteiger partial charge is 0.0901 e. The van der Waals surface area contributed by atoms with Crippen LogP contribution in [0.2, 0.25) is 0 Å². The Bertz CT molecular complexity index is 448. The zero-order valence-corrected chi connectivity index (χ0v) is 10.8. The molecule has 0 saturated carbocycles. The van der Waals surface area contributed by atoms with Crippen molar-refractivity contribution in [1.29, 1.82) is 0 Å². The maximum atomic E-state index is 3.47. The van der Waals surface area contributed by atoms with Gasteiger partial charge >= 0.3 is 0 Å². The zero-order valence-electron chi connectivity index (χ0n) is 8.41. The average Bonchev–Trinajstić information content (AvgIpc) is 2.22. The fourth-order valence-corrected chi connectivity index (χ4v) is 2.70. The van der Waals surface area contributed by atoms with Gasteiger partial charge in [-0.3, -0.25) is 0 Å². The Hall–Kier alpha value is -0.730. The molecule has 0 nitrogen and oxygen atoms in total. The van der Waals surface area contributed by atoms with E-state index in [2.05, 4.69) is 65.3 Å². The summed E-state index contributed by atoms with van der Waals surface area (Å²) in [5, 5.41) is 0. The van der Waals surface area contributed by atoms with Gasteiger partial charge in [0, 0.05) is 14.3 Å². The number of hydrogen-bond donors (Lipinski definition) is 0. The van der Waals surface area contributed by atoms with Crippen LogP contribution in [0.15, 0.2) is 62.8 Å². The van der Waals surface area contributed by atoms with Crippen molar-refractivity contribution in [3.8, 4) is 0 Å². The summed E-state index contributed by atoms with van der Waals surface area (Å²) in [6, 6.07) is 16.9. The van der Waals surface area contributed by atoms with Gasteiger partial charge in [-0.1, -0.05) is 51.5 Å². The van der Waals surface area contributed by atoms with Gasteiger partial charge in [-0.05, 0) is 37.3 Å². The van der Waals surface area contributed by atoms with Gasteiger partial charge in [0.15, 0.2) is 0 Å². The smallest absolute Gasteiger partial charge is 0.0186 e. The molecule has 76 valence electrons. The highest BCUT2D eigenvalue weighted by molar-refractivity contribution is 9.10. The summed E-state index contributed by atoms with van der Waals surface area (Å²) in [7, 11) is 0. The van der Waals surface area contributed by atoms with Crippen molar-refractivity contribution in [2.75, 3.05) is 0 Å². The Labute approximate surface area is 103 Å². The summed E-state index contributed by atoms with van der Waals surface area (Å²) in [6.45, 7) is 2.10. The van der Waals surface area contributed by atoms with E-state index in [-0.39, 0.29) is 0 Å². The number of rotatable bonds is 2. The fraction of sp³-hybridized carbons (Fsp3) is 0.0769. The highest BCUT2D eigenvalue weighted by Gasteiger charge is 1.97. The van der Waals surface area contributed by atoms with E-state index >= 15 is 0 Å². The monoisotopic (exact) mass is 278 g/mol. The van der Waals surface area contributed by atoms with Crippen LogP contribution >= 0.6 is 27.7 Å². The maximum Gasteiger partial charge on any atom is 0.0186 e. The van der Waals surface area contributed by atoms with Gasteiger partial charge in [-0.15, -0.1) is 0 Å². The first-order chi connectivity index (χ1) is 7.24. The Morgan fingerprint density at radius 3 is 2.33 bits per heavy atom. The maximum absolute atomic E-state index is 3.47. The van der Waals surface area contributed by atoms with Crippen molar-refractivity contribution in [2.24, 2.45) is 0 Å². The molecule has 0 unspecified atom stereocenters. The third-order valence-electron chi connectivity index (χ3n) is 2.05. The minimum atomic E-state index is 1.12. The Balaban J connectivity index is 2.18. The Morgan fingerprint density at radius 1 is 0.933 bits per heavy atom. The van der Waals surface area contributed by atoms with Gasteiger partial charge in [0.05, 0.1) is 0 Å². The summed E-state index contributed by atoms with van der Waals surface area (Å²) in [4.78, 5) is 2.53. The van der Waals surface area contributed by atoms with Crippen LogP contribution in [0.3, 0.4) is 0 Å². The van der Waals surface area contributed by atoms with Crippen LogP contribution < -0.4 is 0 Å². The number of halogens is 1. The second-order valence-electron chi connectivity index (χ2n) is 3.37. The van der Waals surface area contributed by atoms with Gasteiger partial charge in [0.1, 0.15) is 0 Å². The lowest BCUT2D eigenvalue weighted by Gasteiger charge is -2.02. The lowest BCUT2D eigenvalue weighted by Crippen LogP contribution is -1.75. The van der Waals surface area contributed by atoms with Crippen LogP contribution in [0.1, 0.15) is 5.56 Å². The van der Waals surface area contributed by atoms with Crippen LogP contribution in [-0.2, 0) is 0 Å². The quantitative estimate of drug-likeness (QED) is 0.752. The molecule has 0 saturated heterocycles. The molecule has 0 aliphatic heterocycles. The van der Waals surface area contributed by atoms with Gasteiger partial charge in [-0.25, -0.2) is 0 Å². The van der Waals surface area contributed by atoms with Crippen LogP contribution in [-0.4, -0.2) is 0 Å². The topological polar surface area (TPSA) is 0 Å². The van der Waals surface area contributed by atoms with Crippen molar-refractivity contribution < 1.29 is 0 Å². The minimum Gasteiger partial charge on any atom is -0.0901 e. The molecule has 2 heteroatoms. The summed E-state index contributed by atoms with van der Waals surface area (Å²) in [5.41, 5.74) is 1.30. The SMILES string of the molecule is Cc1ccc(Sc2cccc(Br)c2)cc1. The molecule has 0 N–H and O–H groups in total. The van der Waals surface area contributed by atoms with Crippen LogP contribution in [0.5, 0.6) is 0 Å². The lowest BCUT2D eigenvalue weighted by atomic mass is 10.2. The van der Waals surface area contributed by atoms with Crippen molar-refractivity contribution in [3.63, 3.8) is 0 Å². The highest BCUT2D eigenvalue weighted by Crippen LogP contribution is 2.29. The molecule has 0 aliphatic carbocycles. The third-order valence-corrected chi connectivity index (χ3v) is 3.54. The predicted molar refractivity (Wildman–Crippen MR) is 69.4 cm³/mol. The van der Waals surface area contributed by atoms with E-state index in [1.807, 2.05) is 6.07 Å². The summed E-state index contributed by atoms with van der Waals surface area (Å²) in [5.74, 6) is 0. The molecule has 0 aromatic heterocycles. The molecule has 0 fully saturated rings. The summed E-state index contributed by atoms with van der Waals surface area (Å²) in [6.07, 6.45) is 0. The van der Waals surface area contributed by atoms with Crippen molar-refractivity contribution in [1.82, 2.24) is 0 Å². The van der Waals surface area contributed by atoms with Crippen molar-refractivity contribution in [2.45, 2.75) is 16.7 Å². The third kappa shape index (κ3) is 3.11. The standard InChI is InChI=1S/C13H11BrS/c1-10-5-7-12(8-6-10)15-13-4-2-3-11(14)9-13/h2-9H,1H3.